The quantitative estimate of drug-likeness (QED) is 0.674. The first-order valence-corrected chi connectivity index (χ1v) is 9.86. The number of aromatic nitrogens is 2. The highest BCUT2D eigenvalue weighted by molar-refractivity contribution is 14.1. The van der Waals surface area contributed by atoms with E-state index >= 15 is 0 Å². The summed E-state index contributed by atoms with van der Waals surface area (Å²) in [6.45, 7) is 8.86. The third kappa shape index (κ3) is 3.88. The molecule has 1 aliphatic rings. The SMILES string of the molecule is CC(C)(C)C(=O)On1nc(I)c2sc(CN3CCCCC3)cc21. The van der Waals surface area contributed by atoms with Gasteiger partial charge < -0.3 is 4.84 Å². The van der Waals surface area contributed by atoms with Gasteiger partial charge in [0.05, 0.1) is 10.1 Å². The van der Waals surface area contributed by atoms with Crippen LogP contribution in [0.4, 0.5) is 0 Å². The van der Waals surface area contributed by atoms with Crippen LogP contribution in [0.2, 0.25) is 0 Å². The van der Waals surface area contributed by atoms with Gasteiger partial charge in [-0.25, -0.2) is 4.79 Å². The summed E-state index contributed by atoms with van der Waals surface area (Å²) in [7, 11) is 0. The maximum Gasteiger partial charge on any atom is 0.340 e. The van der Waals surface area contributed by atoms with Crippen LogP contribution in [0.25, 0.3) is 10.2 Å². The minimum Gasteiger partial charge on any atom is -0.318 e. The van der Waals surface area contributed by atoms with Crippen molar-refractivity contribution in [3.05, 3.63) is 14.6 Å². The van der Waals surface area contributed by atoms with E-state index in [9.17, 15) is 4.79 Å². The van der Waals surface area contributed by atoms with Crippen molar-refractivity contribution in [1.82, 2.24) is 14.8 Å². The summed E-state index contributed by atoms with van der Waals surface area (Å²) in [4.78, 5) is 22.8. The van der Waals surface area contributed by atoms with E-state index in [2.05, 4.69) is 38.7 Å². The van der Waals surface area contributed by atoms with Gasteiger partial charge >= 0.3 is 5.97 Å². The Bertz CT molecular complexity index is 711. The van der Waals surface area contributed by atoms with Crippen LogP contribution >= 0.6 is 33.9 Å². The van der Waals surface area contributed by atoms with Crippen LogP contribution in [-0.2, 0) is 11.3 Å². The monoisotopic (exact) mass is 447 g/mol. The molecule has 0 aliphatic carbocycles. The Morgan fingerprint density at radius 2 is 2.04 bits per heavy atom. The zero-order valence-electron chi connectivity index (χ0n) is 13.8. The highest BCUT2D eigenvalue weighted by atomic mass is 127. The van der Waals surface area contributed by atoms with E-state index < -0.39 is 5.41 Å². The molecule has 0 bridgehead atoms. The van der Waals surface area contributed by atoms with Gasteiger partial charge in [0.25, 0.3) is 0 Å². The number of hydrogen-bond donors (Lipinski definition) is 0. The Morgan fingerprint density at radius 3 is 2.70 bits per heavy atom. The van der Waals surface area contributed by atoms with Gasteiger partial charge in [0, 0.05) is 11.4 Å². The lowest BCUT2D eigenvalue weighted by Gasteiger charge is -2.25. The van der Waals surface area contributed by atoms with Crippen molar-refractivity contribution in [2.24, 2.45) is 5.41 Å². The summed E-state index contributed by atoms with van der Waals surface area (Å²) >= 11 is 3.95. The zero-order chi connectivity index (χ0) is 16.6. The molecule has 2 aromatic rings. The van der Waals surface area contributed by atoms with Gasteiger partial charge in [-0.1, -0.05) is 11.3 Å². The van der Waals surface area contributed by atoms with Gasteiger partial charge in [-0.05, 0) is 75.4 Å². The lowest BCUT2D eigenvalue weighted by Crippen LogP contribution is -2.31. The van der Waals surface area contributed by atoms with E-state index in [-0.39, 0.29) is 5.97 Å². The number of carbonyl (C=O) groups is 1. The number of likely N-dealkylation sites (tertiary alicyclic amines) is 1. The first kappa shape index (κ1) is 17.2. The minimum atomic E-state index is -0.545. The second-order valence-electron chi connectivity index (χ2n) is 7.06. The Balaban J connectivity index is 1.81. The number of rotatable bonds is 3. The Morgan fingerprint density at radius 1 is 1.35 bits per heavy atom. The number of fused-ring (bicyclic) bond motifs is 1. The lowest BCUT2D eigenvalue weighted by atomic mass is 9.98. The zero-order valence-corrected chi connectivity index (χ0v) is 16.7. The highest BCUT2D eigenvalue weighted by Gasteiger charge is 2.26. The van der Waals surface area contributed by atoms with Crippen molar-refractivity contribution in [2.45, 2.75) is 46.6 Å². The molecule has 1 fully saturated rings. The predicted octanol–water partition coefficient (Wildman–Crippen LogP) is 3.69. The summed E-state index contributed by atoms with van der Waals surface area (Å²) in [5.41, 5.74) is 0.347. The van der Waals surface area contributed by atoms with E-state index in [0.29, 0.717) is 0 Å². The number of carbonyl (C=O) groups excluding carboxylic acids is 1. The van der Waals surface area contributed by atoms with Crippen LogP contribution in [-0.4, -0.2) is 33.9 Å². The van der Waals surface area contributed by atoms with Crippen molar-refractivity contribution in [3.63, 3.8) is 0 Å². The molecule has 0 aromatic carbocycles. The van der Waals surface area contributed by atoms with Crippen LogP contribution in [0.3, 0.4) is 0 Å². The summed E-state index contributed by atoms with van der Waals surface area (Å²) in [6.07, 6.45) is 3.93. The summed E-state index contributed by atoms with van der Waals surface area (Å²) in [5.74, 6) is -0.276. The molecule has 126 valence electrons. The molecule has 0 saturated carbocycles. The van der Waals surface area contributed by atoms with E-state index in [1.54, 1.807) is 11.3 Å². The number of halogens is 1. The first-order valence-electron chi connectivity index (χ1n) is 7.96. The molecule has 0 spiro atoms. The fourth-order valence-electron chi connectivity index (χ4n) is 2.60. The highest BCUT2D eigenvalue weighted by Crippen LogP contribution is 2.31. The van der Waals surface area contributed by atoms with Crippen molar-refractivity contribution in [3.8, 4) is 0 Å². The van der Waals surface area contributed by atoms with E-state index in [0.717, 1.165) is 20.5 Å². The van der Waals surface area contributed by atoms with Crippen LogP contribution in [0.5, 0.6) is 0 Å². The molecular formula is C16H22IN3O2S. The third-order valence-corrected chi connectivity index (χ3v) is 6.18. The Labute approximate surface area is 154 Å². The van der Waals surface area contributed by atoms with Crippen LogP contribution in [0.15, 0.2) is 6.07 Å². The fourth-order valence-corrected chi connectivity index (χ4v) is 4.45. The maximum absolute atomic E-state index is 12.1. The number of piperidine rings is 1. The second kappa shape index (κ2) is 6.68. The normalized spacial score (nSPS) is 16.9. The molecule has 23 heavy (non-hydrogen) atoms. The van der Waals surface area contributed by atoms with Crippen LogP contribution < -0.4 is 4.84 Å². The molecule has 0 radical (unpaired) electrons. The van der Waals surface area contributed by atoms with Gasteiger partial charge in [0.1, 0.15) is 9.22 Å². The van der Waals surface area contributed by atoms with E-state index in [1.165, 1.54) is 42.1 Å². The molecule has 0 atom stereocenters. The lowest BCUT2D eigenvalue weighted by molar-refractivity contribution is -0.154. The van der Waals surface area contributed by atoms with Crippen molar-refractivity contribution >= 4 is 50.1 Å². The molecular weight excluding hydrogens is 425 g/mol. The average molecular weight is 447 g/mol. The number of hydrogen-bond acceptors (Lipinski definition) is 5. The molecule has 5 nitrogen and oxygen atoms in total. The second-order valence-corrected chi connectivity index (χ2v) is 9.21. The smallest absolute Gasteiger partial charge is 0.318 e. The molecule has 3 rings (SSSR count). The van der Waals surface area contributed by atoms with Gasteiger partial charge in [-0.2, -0.15) is 0 Å². The predicted molar refractivity (Wildman–Crippen MR) is 100 cm³/mol. The van der Waals surface area contributed by atoms with Gasteiger partial charge in [0.2, 0.25) is 0 Å². The van der Waals surface area contributed by atoms with Crippen molar-refractivity contribution < 1.29 is 9.63 Å². The standard InChI is InChI=1S/C16H22IN3O2S/c1-16(2,3)15(21)22-20-12-9-11(23-13(12)14(17)18-20)10-19-7-5-4-6-8-19/h9H,4-8,10H2,1-3H3. The largest absolute Gasteiger partial charge is 0.340 e. The summed E-state index contributed by atoms with van der Waals surface area (Å²) < 4.78 is 1.98. The first-order chi connectivity index (χ1) is 10.8. The average Bonchev–Trinajstić information content (AvgIpc) is 3.01. The van der Waals surface area contributed by atoms with Gasteiger partial charge in [0.15, 0.2) is 0 Å². The molecule has 3 heterocycles. The topological polar surface area (TPSA) is 47.4 Å². The number of thiophene rings is 1. The van der Waals surface area contributed by atoms with E-state index in [1.807, 2.05) is 20.8 Å². The van der Waals surface area contributed by atoms with Crippen molar-refractivity contribution in [2.75, 3.05) is 13.1 Å². The van der Waals surface area contributed by atoms with Crippen LogP contribution in [0, 0.1) is 9.12 Å². The molecule has 0 unspecified atom stereocenters. The summed E-state index contributed by atoms with van der Waals surface area (Å²) in [6, 6.07) is 2.11. The third-order valence-electron chi connectivity index (χ3n) is 3.95. The van der Waals surface area contributed by atoms with E-state index in [4.69, 9.17) is 4.84 Å². The molecule has 2 aromatic heterocycles. The van der Waals surface area contributed by atoms with Gasteiger partial charge in [-0.15, -0.1) is 16.4 Å². The number of nitrogens with zero attached hydrogens (tertiary/aromatic N) is 3. The van der Waals surface area contributed by atoms with Crippen molar-refractivity contribution in [1.29, 1.82) is 0 Å². The Hall–Kier alpha value is -0.670. The molecule has 1 saturated heterocycles. The summed E-state index contributed by atoms with van der Waals surface area (Å²) in [5, 5.41) is 4.35. The molecule has 1 aliphatic heterocycles. The maximum atomic E-state index is 12.1. The minimum absolute atomic E-state index is 0.276. The molecule has 0 amide bonds. The van der Waals surface area contributed by atoms with Crippen LogP contribution in [0.1, 0.15) is 44.9 Å². The Kier molecular flexibility index (Phi) is 4.98. The fraction of sp³-hybridized carbons (Fsp3) is 0.625. The molecule has 0 N–H and O–H groups in total. The molecule has 7 heteroatoms. The van der Waals surface area contributed by atoms with Gasteiger partial charge in [-0.3, -0.25) is 4.90 Å².